The molecule has 21 heavy (non-hydrogen) atoms. The van der Waals surface area contributed by atoms with Crippen LogP contribution in [0, 0.1) is 5.92 Å². The van der Waals surface area contributed by atoms with Gasteiger partial charge in [-0.2, -0.15) is 0 Å². The molecule has 0 aromatic heterocycles. The fourth-order valence-electron chi connectivity index (χ4n) is 2.47. The van der Waals surface area contributed by atoms with E-state index in [9.17, 15) is 8.78 Å². The molecule has 0 saturated heterocycles. The Morgan fingerprint density at radius 2 is 1.81 bits per heavy atom. The van der Waals surface area contributed by atoms with E-state index in [1.807, 2.05) is 24.3 Å². The lowest BCUT2D eigenvalue weighted by Gasteiger charge is -2.29. The van der Waals surface area contributed by atoms with E-state index in [0.29, 0.717) is 25.4 Å². The van der Waals surface area contributed by atoms with Gasteiger partial charge in [-0.05, 0) is 36.5 Å². The van der Waals surface area contributed by atoms with Gasteiger partial charge in [-0.3, -0.25) is 0 Å². The molecule has 0 radical (unpaired) electrons. The maximum absolute atomic E-state index is 13.1. The second-order valence-corrected chi connectivity index (χ2v) is 6.36. The summed E-state index contributed by atoms with van der Waals surface area (Å²) in [5, 5.41) is 3.37. The van der Waals surface area contributed by atoms with E-state index >= 15 is 0 Å². The minimum absolute atomic E-state index is 0.00659. The summed E-state index contributed by atoms with van der Waals surface area (Å²) in [4.78, 5) is 0. The second-order valence-electron chi connectivity index (χ2n) is 6.36. The van der Waals surface area contributed by atoms with Crippen molar-refractivity contribution in [2.75, 3.05) is 6.61 Å². The Morgan fingerprint density at radius 3 is 2.38 bits per heavy atom. The number of nitrogens with one attached hydrogen (secondary N) is 1. The van der Waals surface area contributed by atoms with Crippen LogP contribution in [0.2, 0.25) is 0 Å². The molecule has 0 heterocycles. The number of halogens is 2. The van der Waals surface area contributed by atoms with Crippen molar-refractivity contribution in [1.29, 1.82) is 0 Å². The lowest BCUT2D eigenvalue weighted by Crippen LogP contribution is -2.36. The third-order valence-electron chi connectivity index (χ3n) is 3.82. The molecule has 1 aromatic carbocycles. The van der Waals surface area contributed by atoms with E-state index in [1.165, 1.54) is 0 Å². The molecule has 0 aliphatic heterocycles. The molecule has 0 atom stereocenters. The first-order chi connectivity index (χ1) is 9.94. The van der Waals surface area contributed by atoms with Gasteiger partial charge in [-0.25, -0.2) is 8.78 Å². The van der Waals surface area contributed by atoms with Crippen LogP contribution in [0.15, 0.2) is 24.3 Å². The van der Waals surface area contributed by atoms with E-state index in [1.54, 1.807) is 0 Å². The second kappa shape index (κ2) is 7.21. The monoisotopic (exact) mass is 297 g/mol. The maximum Gasteiger partial charge on any atom is 0.248 e. The minimum Gasteiger partial charge on any atom is -0.493 e. The fraction of sp³-hybridized carbons (Fsp3) is 0.647. The SMILES string of the molecule is CC(C)COc1ccc(CNC2CCC(F)(F)CC2)cc1. The lowest BCUT2D eigenvalue weighted by atomic mass is 9.92. The van der Waals surface area contributed by atoms with Gasteiger partial charge in [0.05, 0.1) is 6.61 Å². The Bertz CT molecular complexity index is 421. The summed E-state index contributed by atoms with van der Waals surface area (Å²) in [7, 11) is 0. The van der Waals surface area contributed by atoms with Gasteiger partial charge in [0.15, 0.2) is 0 Å². The average Bonchev–Trinajstić information content (AvgIpc) is 2.45. The molecule has 1 saturated carbocycles. The summed E-state index contributed by atoms with van der Waals surface area (Å²) in [6.07, 6.45) is 1.13. The van der Waals surface area contributed by atoms with Crippen LogP contribution in [-0.4, -0.2) is 18.6 Å². The van der Waals surface area contributed by atoms with Crippen LogP contribution in [0.5, 0.6) is 5.75 Å². The Morgan fingerprint density at radius 1 is 1.19 bits per heavy atom. The van der Waals surface area contributed by atoms with Crippen LogP contribution in [-0.2, 0) is 6.54 Å². The normalized spacial score (nSPS) is 18.9. The molecule has 0 amide bonds. The minimum atomic E-state index is -2.45. The summed E-state index contributed by atoms with van der Waals surface area (Å²) in [5.74, 6) is -1.06. The van der Waals surface area contributed by atoms with Crippen molar-refractivity contribution in [3.05, 3.63) is 29.8 Å². The van der Waals surface area contributed by atoms with E-state index in [2.05, 4.69) is 19.2 Å². The molecular formula is C17H25F2NO. The maximum atomic E-state index is 13.1. The highest BCUT2D eigenvalue weighted by Crippen LogP contribution is 2.33. The van der Waals surface area contributed by atoms with E-state index < -0.39 is 5.92 Å². The molecule has 0 spiro atoms. The highest BCUT2D eigenvalue weighted by molar-refractivity contribution is 5.27. The summed E-state index contributed by atoms with van der Waals surface area (Å²) < 4.78 is 31.8. The van der Waals surface area contributed by atoms with Crippen molar-refractivity contribution in [2.24, 2.45) is 5.92 Å². The fourth-order valence-corrected chi connectivity index (χ4v) is 2.47. The highest BCUT2D eigenvalue weighted by Gasteiger charge is 2.34. The van der Waals surface area contributed by atoms with Crippen molar-refractivity contribution in [3.63, 3.8) is 0 Å². The predicted molar refractivity (Wildman–Crippen MR) is 80.8 cm³/mol. The van der Waals surface area contributed by atoms with Crippen molar-refractivity contribution in [3.8, 4) is 5.75 Å². The van der Waals surface area contributed by atoms with Gasteiger partial charge in [-0.15, -0.1) is 0 Å². The standard InChI is InChI=1S/C17H25F2NO/c1-13(2)12-21-16-5-3-14(4-6-16)11-20-15-7-9-17(18,19)10-8-15/h3-6,13,15,20H,7-12H2,1-2H3. The molecule has 1 aromatic rings. The molecule has 0 unspecified atom stereocenters. The zero-order valence-electron chi connectivity index (χ0n) is 12.9. The van der Waals surface area contributed by atoms with Crippen LogP contribution in [0.4, 0.5) is 8.78 Å². The van der Waals surface area contributed by atoms with E-state index in [4.69, 9.17) is 4.74 Å². The van der Waals surface area contributed by atoms with Gasteiger partial charge in [0.2, 0.25) is 5.92 Å². The van der Waals surface area contributed by atoms with Gasteiger partial charge in [0, 0.05) is 25.4 Å². The third kappa shape index (κ3) is 5.62. The molecule has 1 aliphatic carbocycles. The number of rotatable bonds is 6. The number of hydrogen-bond acceptors (Lipinski definition) is 2. The van der Waals surface area contributed by atoms with Crippen molar-refractivity contribution >= 4 is 0 Å². The van der Waals surface area contributed by atoms with Crippen molar-refractivity contribution in [2.45, 2.75) is 58.0 Å². The summed E-state index contributed by atoms with van der Waals surface area (Å²) in [5.41, 5.74) is 1.16. The molecule has 0 bridgehead atoms. The van der Waals surface area contributed by atoms with Crippen molar-refractivity contribution in [1.82, 2.24) is 5.32 Å². The van der Waals surface area contributed by atoms with Crippen LogP contribution in [0.25, 0.3) is 0 Å². The number of ether oxygens (including phenoxy) is 1. The molecule has 1 aliphatic rings. The number of alkyl halides is 2. The van der Waals surface area contributed by atoms with Gasteiger partial charge in [0.1, 0.15) is 5.75 Å². The van der Waals surface area contributed by atoms with Crippen LogP contribution in [0.3, 0.4) is 0 Å². The van der Waals surface area contributed by atoms with E-state index in [0.717, 1.165) is 17.9 Å². The van der Waals surface area contributed by atoms with Gasteiger partial charge >= 0.3 is 0 Å². The molecule has 118 valence electrons. The Labute approximate surface area is 125 Å². The lowest BCUT2D eigenvalue weighted by molar-refractivity contribution is -0.0405. The molecule has 2 nitrogen and oxygen atoms in total. The summed E-state index contributed by atoms with van der Waals surface area (Å²) in [6.45, 7) is 5.67. The summed E-state index contributed by atoms with van der Waals surface area (Å²) in [6, 6.07) is 8.20. The zero-order chi connectivity index (χ0) is 15.3. The van der Waals surface area contributed by atoms with Gasteiger partial charge < -0.3 is 10.1 Å². The van der Waals surface area contributed by atoms with E-state index in [-0.39, 0.29) is 18.9 Å². The molecule has 1 N–H and O–H groups in total. The Kier molecular flexibility index (Phi) is 5.57. The van der Waals surface area contributed by atoms with Crippen LogP contribution in [0.1, 0.15) is 45.1 Å². The Balaban J connectivity index is 1.74. The Hall–Kier alpha value is -1.16. The first-order valence-corrected chi connectivity index (χ1v) is 7.77. The van der Waals surface area contributed by atoms with Gasteiger partial charge in [0.25, 0.3) is 0 Å². The average molecular weight is 297 g/mol. The van der Waals surface area contributed by atoms with Gasteiger partial charge in [-0.1, -0.05) is 26.0 Å². The highest BCUT2D eigenvalue weighted by atomic mass is 19.3. The molecule has 1 fully saturated rings. The largest absolute Gasteiger partial charge is 0.493 e. The first-order valence-electron chi connectivity index (χ1n) is 7.77. The first kappa shape index (κ1) is 16.2. The topological polar surface area (TPSA) is 21.3 Å². The molecular weight excluding hydrogens is 272 g/mol. The number of benzene rings is 1. The summed E-state index contributed by atoms with van der Waals surface area (Å²) >= 11 is 0. The van der Waals surface area contributed by atoms with Crippen molar-refractivity contribution < 1.29 is 13.5 Å². The quantitative estimate of drug-likeness (QED) is 0.841. The predicted octanol–water partition coefficient (Wildman–Crippen LogP) is 4.39. The molecule has 4 heteroatoms. The third-order valence-corrected chi connectivity index (χ3v) is 3.82. The molecule has 2 rings (SSSR count). The number of hydrogen-bond donors (Lipinski definition) is 1. The van der Waals surface area contributed by atoms with Crippen LogP contribution >= 0.6 is 0 Å². The zero-order valence-corrected chi connectivity index (χ0v) is 12.9. The smallest absolute Gasteiger partial charge is 0.248 e. The van der Waals surface area contributed by atoms with Crippen LogP contribution < -0.4 is 10.1 Å².